The third-order valence-corrected chi connectivity index (χ3v) is 1.19. The van der Waals surface area contributed by atoms with E-state index in [2.05, 4.69) is 0 Å². The van der Waals surface area contributed by atoms with E-state index >= 15 is 0 Å². The van der Waals surface area contributed by atoms with Gasteiger partial charge in [-0.2, -0.15) is 0 Å². The van der Waals surface area contributed by atoms with E-state index in [1.807, 2.05) is 0 Å². The molecule has 0 aliphatic rings. The summed E-state index contributed by atoms with van der Waals surface area (Å²) in [7, 11) is 0. The highest BCUT2D eigenvalue weighted by Gasteiger charge is 2.23. The summed E-state index contributed by atoms with van der Waals surface area (Å²) in [5, 5.41) is 24.7. The smallest absolute Gasteiger partial charge is 0.307 e. The van der Waals surface area contributed by atoms with Crippen molar-refractivity contribution in [2.75, 3.05) is 0 Å². The van der Waals surface area contributed by atoms with E-state index in [1.54, 1.807) is 0 Å². The number of carboxylic acid groups (broad SMARTS) is 3. The van der Waals surface area contributed by atoms with Gasteiger partial charge in [0, 0.05) is 0 Å². The third-order valence-electron chi connectivity index (χ3n) is 1.19. The van der Waals surface area contributed by atoms with Crippen LogP contribution in [0.3, 0.4) is 0 Å². The number of hydrogen-bond donors (Lipinski definition) is 3. The van der Waals surface area contributed by atoms with Crippen LogP contribution in [0.15, 0.2) is 0 Å². The number of hydrogen-bond acceptors (Lipinski definition) is 3. The van der Waals surface area contributed by atoms with Crippen molar-refractivity contribution in [1.29, 1.82) is 0 Å². The summed E-state index contributed by atoms with van der Waals surface area (Å²) in [6.07, 6.45) is -1.33. The Morgan fingerprint density at radius 2 is 1.07 bits per heavy atom. The SMILES string of the molecule is Cl.Cl.Cl.O=C(O)CC(CC(=O)O)C(=O)O. The van der Waals surface area contributed by atoms with Crippen molar-refractivity contribution in [2.45, 2.75) is 12.8 Å². The van der Waals surface area contributed by atoms with Crippen molar-refractivity contribution in [1.82, 2.24) is 0 Å². The lowest BCUT2D eigenvalue weighted by Crippen LogP contribution is -2.20. The van der Waals surface area contributed by atoms with E-state index in [4.69, 9.17) is 15.3 Å². The number of halogens is 3. The predicted octanol–water partition coefficient (Wildman–Crippen LogP) is 0.902. The zero-order chi connectivity index (χ0) is 9.72. The summed E-state index contributed by atoms with van der Waals surface area (Å²) in [5.41, 5.74) is 0. The van der Waals surface area contributed by atoms with Crippen LogP contribution in [-0.4, -0.2) is 33.2 Å². The van der Waals surface area contributed by atoms with E-state index in [0.29, 0.717) is 0 Å². The molecular formula is C6H11Cl3O6. The largest absolute Gasteiger partial charge is 0.481 e. The maximum atomic E-state index is 10.2. The van der Waals surface area contributed by atoms with Gasteiger partial charge in [0.25, 0.3) is 0 Å². The minimum absolute atomic E-state index is 0. The molecule has 0 rings (SSSR count). The molecule has 0 saturated carbocycles. The molecule has 0 saturated heterocycles. The Labute approximate surface area is 104 Å². The van der Waals surface area contributed by atoms with Gasteiger partial charge in [0.15, 0.2) is 0 Å². The molecule has 0 radical (unpaired) electrons. The molecule has 0 amide bonds. The Morgan fingerprint density at radius 3 is 1.20 bits per heavy atom. The van der Waals surface area contributed by atoms with Gasteiger partial charge in [0.05, 0.1) is 18.8 Å². The van der Waals surface area contributed by atoms with Gasteiger partial charge in [-0.15, -0.1) is 37.2 Å². The molecule has 0 heterocycles. The minimum Gasteiger partial charge on any atom is -0.481 e. The van der Waals surface area contributed by atoms with Crippen molar-refractivity contribution >= 4 is 55.1 Å². The van der Waals surface area contributed by atoms with Gasteiger partial charge in [-0.3, -0.25) is 14.4 Å². The number of carbonyl (C=O) groups is 3. The van der Waals surface area contributed by atoms with Gasteiger partial charge >= 0.3 is 17.9 Å². The van der Waals surface area contributed by atoms with Crippen molar-refractivity contribution in [2.24, 2.45) is 5.92 Å². The molecule has 0 spiro atoms. The maximum Gasteiger partial charge on any atom is 0.307 e. The van der Waals surface area contributed by atoms with Crippen LogP contribution < -0.4 is 0 Å². The second kappa shape index (κ2) is 11.4. The lowest BCUT2D eigenvalue weighted by atomic mass is 10.0. The van der Waals surface area contributed by atoms with Gasteiger partial charge in [-0.05, 0) is 0 Å². The van der Waals surface area contributed by atoms with Gasteiger partial charge in [-0.25, -0.2) is 0 Å². The number of aliphatic carboxylic acids is 3. The van der Waals surface area contributed by atoms with Crippen molar-refractivity contribution in [3.8, 4) is 0 Å². The first-order valence-corrected chi connectivity index (χ1v) is 3.10. The molecule has 0 atom stereocenters. The van der Waals surface area contributed by atoms with Crippen LogP contribution >= 0.6 is 37.2 Å². The molecule has 0 unspecified atom stereocenters. The van der Waals surface area contributed by atoms with E-state index in [-0.39, 0.29) is 37.2 Å². The van der Waals surface area contributed by atoms with Crippen molar-refractivity contribution < 1.29 is 29.7 Å². The standard InChI is InChI=1S/C6H8O6.3ClH/c7-4(8)1-3(6(11)12)2-5(9)10;;;/h3H,1-2H2,(H,7,8)(H,9,10)(H,11,12);3*1H. The molecule has 0 aliphatic heterocycles. The monoisotopic (exact) mass is 284 g/mol. The highest BCUT2D eigenvalue weighted by Crippen LogP contribution is 2.08. The van der Waals surface area contributed by atoms with Crippen LogP contribution in [0.2, 0.25) is 0 Å². The zero-order valence-electron chi connectivity index (χ0n) is 7.28. The second-order valence-electron chi connectivity index (χ2n) is 2.23. The maximum absolute atomic E-state index is 10.2. The summed E-state index contributed by atoms with van der Waals surface area (Å²) < 4.78 is 0. The molecule has 0 aromatic rings. The molecule has 0 fully saturated rings. The summed E-state index contributed by atoms with van der Waals surface area (Å²) in [5.74, 6) is -5.38. The first kappa shape index (κ1) is 23.8. The van der Waals surface area contributed by atoms with Crippen LogP contribution in [0, 0.1) is 5.92 Å². The summed E-state index contributed by atoms with van der Waals surface area (Å²) >= 11 is 0. The predicted molar refractivity (Wildman–Crippen MR) is 57.4 cm³/mol. The van der Waals surface area contributed by atoms with Gasteiger partial charge in [-0.1, -0.05) is 0 Å². The van der Waals surface area contributed by atoms with Crippen LogP contribution in [-0.2, 0) is 14.4 Å². The van der Waals surface area contributed by atoms with Gasteiger partial charge < -0.3 is 15.3 Å². The zero-order valence-corrected chi connectivity index (χ0v) is 9.73. The van der Waals surface area contributed by atoms with Crippen molar-refractivity contribution in [3.63, 3.8) is 0 Å². The minimum atomic E-state index is -1.40. The average Bonchev–Trinajstić information content (AvgIpc) is 1.83. The van der Waals surface area contributed by atoms with Crippen molar-refractivity contribution in [3.05, 3.63) is 0 Å². The molecule has 0 aromatic carbocycles. The topological polar surface area (TPSA) is 112 Å². The molecule has 15 heavy (non-hydrogen) atoms. The molecule has 92 valence electrons. The summed E-state index contributed by atoms with van der Waals surface area (Å²) in [6.45, 7) is 0. The van der Waals surface area contributed by atoms with E-state index in [9.17, 15) is 14.4 Å². The molecule has 6 nitrogen and oxygen atoms in total. The number of carboxylic acids is 3. The third kappa shape index (κ3) is 13.3. The lowest BCUT2D eigenvalue weighted by molar-refractivity contribution is -0.152. The molecule has 0 bridgehead atoms. The Hall–Kier alpha value is -0.720. The highest BCUT2D eigenvalue weighted by molar-refractivity contribution is 5.86. The Balaban J connectivity index is -0.000000202. The Kier molecular flexibility index (Phi) is 18.0. The average molecular weight is 286 g/mol. The van der Waals surface area contributed by atoms with Crippen LogP contribution in [0.1, 0.15) is 12.8 Å². The van der Waals surface area contributed by atoms with Gasteiger partial charge in [0.2, 0.25) is 0 Å². The normalized spacial score (nSPS) is 7.80. The fourth-order valence-corrected chi connectivity index (χ4v) is 0.668. The van der Waals surface area contributed by atoms with Crippen LogP contribution in [0.25, 0.3) is 0 Å². The van der Waals surface area contributed by atoms with E-state index < -0.39 is 36.7 Å². The van der Waals surface area contributed by atoms with Crippen LogP contribution in [0.5, 0.6) is 0 Å². The van der Waals surface area contributed by atoms with E-state index in [1.165, 1.54) is 0 Å². The quantitative estimate of drug-likeness (QED) is 0.692. The molecule has 3 N–H and O–H groups in total. The highest BCUT2D eigenvalue weighted by atomic mass is 35.5. The number of rotatable bonds is 5. The van der Waals surface area contributed by atoms with Gasteiger partial charge in [0.1, 0.15) is 0 Å². The molecule has 9 heteroatoms. The lowest BCUT2D eigenvalue weighted by Gasteiger charge is -2.04. The fourth-order valence-electron chi connectivity index (χ4n) is 0.668. The molecule has 0 aliphatic carbocycles. The summed E-state index contributed by atoms with van der Waals surface area (Å²) in [4.78, 5) is 30.3. The van der Waals surface area contributed by atoms with E-state index in [0.717, 1.165) is 0 Å². The Morgan fingerprint density at radius 1 is 0.800 bits per heavy atom. The molecule has 0 aromatic heterocycles. The summed E-state index contributed by atoms with van der Waals surface area (Å²) in [6, 6.07) is 0. The fraction of sp³-hybridized carbons (Fsp3) is 0.500. The second-order valence-corrected chi connectivity index (χ2v) is 2.23. The first-order chi connectivity index (χ1) is 5.43. The molecular weight excluding hydrogens is 274 g/mol. The first-order valence-electron chi connectivity index (χ1n) is 3.10. The van der Waals surface area contributed by atoms with Crippen LogP contribution in [0.4, 0.5) is 0 Å². The Bertz CT molecular complexity index is 203.